The van der Waals surface area contributed by atoms with Crippen LogP contribution in [-0.4, -0.2) is 48.3 Å². The van der Waals surface area contributed by atoms with Gasteiger partial charge in [0.25, 0.3) is 5.89 Å². The highest BCUT2D eigenvalue weighted by molar-refractivity contribution is 7.91. The zero-order valence-corrected chi connectivity index (χ0v) is 13.3. The number of furan rings is 1. The molecule has 124 valence electrons. The lowest BCUT2D eigenvalue weighted by molar-refractivity contribution is -0.128. The molecule has 1 amide bonds. The summed E-state index contributed by atoms with van der Waals surface area (Å²) in [6.07, 6.45) is 5.33. The zero-order chi connectivity index (χ0) is 16.3. The van der Waals surface area contributed by atoms with Crippen LogP contribution in [0.2, 0.25) is 0 Å². The Bertz CT molecular complexity index is 758. The lowest BCUT2D eigenvalue weighted by Crippen LogP contribution is -2.36. The Labute approximate surface area is 133 Å². The summed E-state index contributed by atoms with van der Waals surface area (Å²) < 4.78 is 34.8. The van der Waals surface area contributed by atoms with Gasteiger partial charge in [0.05, 0.1) is 6.26 Å². The van der Waals surface area contributed by atoms with Crippen LogP contribution in [0.5, 0.6) is 0 Å². The van der Waals surface area contributed by atoms with Crippen LogP contribution in [0.1, 0.15) is 25.7 Å². The maximum absolute atomic E-state index is 12.3. The Balaban J connectivity index is 1.72. The van der Waals surface area contributed by atoms with Crippen LogP contribution in [-0.2, 0) is 14.6 Å². The van der Waals surface area contributed by atoms with Crippen molar-refractivity contribution in [1.29, 1.82) is 0 Å². The third-order valence-electron chi connectivity index (χ3n) is 3.68. The Morgan fingerprint density at radius 2 is 1.91 bits per heavy atom. The fourth-order valence-electron chi connectivity index (χ4n) is 2.47. The van der Waals surface area contributed by atoms with Crippen molar-refractivity contribution in [2.75, 3.05) is 18.8 Å². The Morgan fingerprint density at radius 3 is 2.57 bits per heavy atom. The van der Waals surface area contributed by atoms with Gasteiger partial charge in [-0.25, -0.2) is 8.42 Å². The third kappa shape index (κ3) is 3.61. The molecule has 0 spiro atoms. The lowest BCUT2D eigenvalue weighted by Gasteiger charge is -2.19. The first-order valence-electron chi connectivity index (χ1n) is 7.44. The van der Waals surface area contributed by atoms with Crippen molar-refractivity contribution in [1.82, 2.24) is 15.1 Å². The van der Waals surface area contributed by atoms with Crippen LogP contribution < -0.4 is 0 Å². The van der Waals surface area contributed by atoms with Crippen LogP contribution in [0.25, 0.3) is 11.7 Å². The molecular weight excluding hydrogens is 322 g/mol. The molecule has 0 N–H and O–H groups in total. The molecule has 2 aromatic heterocycles. The van der Waals surface area contributed by atoms with Crippen molar-refractivity contribution in [3.05, 3.63) is 18.4 Å². The van der Waals surface area contributed by atoms with E-state index in [0.29, 0.717) is 13.1 Å². The molecule has 1 fully saturated rings. The van der Waals surface area contributed by atoms with E-state index in [2.05, 4.69) is 10.2 Å². The van der Waals surface area contributed by atoms with Crippen molar-refractivity contribution in [2.45, 2.75) is 30.9 Å². The van der Waals surface area contributed by atoms with Crippen LogP contribution in [0.3, 0.4) is 0 Å². The molecule has 23 heavy (non-hydrogen) atoms. The summed E-state index contributed by atoms with van der Waals surface area (Å²) in [7, 11) is -3.96. The molecule has 3 rings (SSSR count). The smallest absolute Gasteiger partial charge is 0.336 e. The van der Waals surface area contributed by atoms with E-state index < -0.39 is 26.7 Å². The molecule has 0 radical (unpaired) electrons. The van der Waals surface area contributed by atoms with E-state index in [1.807, 2.05) is 0 Å². The summed E-state index contributed by atoms with van der Waals surface area (Å²) in [5, 5.41) is 6.61. The molecule has 1 aliphatic heterocycles. The van der Waals surface area contributed by atoms with Gasteiger partial charge in [-0.1, -0.05) is 17.9 Å². The van der Waals surface area contributed by atoms with Crippen molar-refractivity contribution in [3.63, 3.8) is 0 Å². The summed E-state index contributed by atoms with van der Waals surface area (Å²) in [6.45, 7) is 1.19. The number of hydrogen-bond acceptors (Lipinski definition) is 7. The Hall–Kier alpha value is -2.16. The number of aromatic nitrogens is 2. The van der Waals surface area contributed by atoms with Gasteiger partial charge in [-0.3, -0.25) is 4.79 Å². The van der Waals surface area contributed by atoms with Gasteiger partial charge in [0.15, 0.2) is 5.76 Å². The second kappa shape index (κ2) is 6.53. The number of nitrogens with zero attached hydrogens (tertiary/aromatic N) is 3. The van der Waals surface area contributed by atoms with Crippen molar-refractivity contribution in [3.8, 4) is 11.7 Å². The second-order valence-corrected chi connectivity index (χ2v) is 7.27. The summed E-state index contributed by atoms with van der Waals surface area (Å²) in [4.78, 5) is 13.8. The van der Waals surface area contributed by atoms with Gasteiger partial charge in [-0.2, -0.15) is 0 Å². The molecular formula is C14H17N3O5S. The first-order valence-corrected chi connectivity index (χ1v) is 9.09. The van der Waals surface area contributed by atoms with Crippen molar-refractivity contribution < 1.29 is 22.0 Å². The zero-order valence-electron chi connectivity index (χ0n) is 12.5. The van der Waals surface area contributed by atoms with Crippen molar-refractivity contribution in [2.24, 2.45) is 0 Å². The second-order valence-electron chi connectivity index (χ2n) is 5.40. The number of sulfone groups is 1. The van der Waals surface area contributed by atoms with E-state index in [0.717, 1.165) is 25.7 Å². The van der Waals surface area contributed by atoms with Gasteiger partial charge < -0.3 is 13.7 Å². The molecule has 1 aliphatic rings. The number of hydrogen-bond donors (Lipinski definition) is 0. The molecule has 0 saturated carbocycles. The molecule has 0 bridgehead atoms. The predicted molar refractivity (Wildman–Crippen MR) is 79.1 cm³/mol. The molecule has 0 aromatic carbocycles. The van der Waals surface area contributed by atoms with Gasteiger partial charge in [0.2, 0.25) is 15.7 Å². The van der Waals surface area contributed by atoms with E-state index in [4.69, 9.17) is 8.83 Å². The minimum Gasteiger partial charge on any atom is -0.459 e. The quantitative estimate of drug-likeness (QED) is 0.831. The number of amides is 1. The number of rotatable bonds is 4. The molecule has 0 aliphatic carbocycles. The number of carbonyl (C=O) groups excluding carboxylic acids is 1. The molecule has 8 nitrogen and oxygen atoms in total. The first kappa shape index (κ1) is 15.7. The van der Waals surface area contributed by atoms with Crippen LogP contribution in [0.15, 0.2) is 32.5 Å². The molecule has 1 saturated heterocycles. The average Bonchev–Trinajstić information content (AvgIpc) is 3.13. The Kier molecular flexibility index (Phi) is 4.46. The highest BCUT2D eigenvalue weighted by Crippen LogP contribution is 2.21. The third-order valence-corrected chi connectivity index (χ3v) is 5.00. The van der Waals surface area contributed by atoms with Gasteiger partial charge in [-0.05, 0) is 25.0 Å². The monoisotopic (exact) mass is 339 g/mol. The summed E-state index contributed by atoms with van der Waals surface area (Å²) in [5.41, 5.74) is 0. The summed E-state index contributed by atoms with van der Waals surface area (Å²) in [5.74, 6) is -0.842. The molecule has 3 heterocycles. The number of likely N-dealkylation sites (tertiary alicyclic amines) is 1. The highest BCUT2D eigenvalue weighted by Gasteiger charge is 2.29. The maximum atomic E-state index is 12.3. The normalized spacial score (nSPS) is 16.3. The molecule has 2 aromatic rings. The Morgan fingerprint density at radius 1 is 1.17 bits per heavy atom. The lowest BCUT2D eigenvalue weighted by atomic mass is 10.2. The van der Waals surface area contributed by atoms with E-state index in [1.54, 1.807) is 17.0 Å². The maximum Gasteiger partial charge on any atom is 0.336 e. The highest BCUT2D eigenvalue weighted by atomic mass is 32.2. The van der Waals surface area contributed by atoms with E-state index in [9.17, 15) is 13.2 Å². The van der Waals surface area contributed by atoms with Crippen molar-refractivity contribution >= 4 is 15.7 Å². The predicted octanol–water partition coefficient (Wildman–Crippen LogP) is 1.51. The summed E-state index contributed by atoms with van der Waals surface area (Å²) >= 11 is 0. The fourth-order valence-corrected chi connectivity index (χ4v) is 3.47. The molecule has 0 atom stereocenters. The minimum absolute atomic E-state index is 0.0317. The van der Waals surface area contributed by atoms with Gasteiger partial charge in [0, 0.05) is 13.1 Å². The standard InChI is InChI=1S/C14H17N3O5S/c18-12(17-7-3-1-2-4-8-17)10-23(19,20)14-16-15-13(22-14)11-6-5-9-21-11/h5-6,9H,1-4,7-8,10H2. The minimum atomic E-state index is -3.96. The van der Waals surface area contributed by atoms with Gasteiger partial charge >= 0.3 is 5.22 Å². The summed E-state index contributed by atoms with van der Waals surface area (Å²) in [6, 6.07) is 3.20. The molecule has 9 heteroatoms. The average molecular weight is 339 g/mol. The van der Waals surface area contributed by atoms with E-state index in [-0.39, 0.29) is 11.7 Å². The molecule has 0 unspecified atom stereocenters. The van der Waals surface area contributed by atoms with Gasteiger partial charge in [0.1, 0.15) is 5.75 Å². The van der Waals surface area contributed by atoms with Gasteiger partial charge in [-0.15, -0.1) is 5.10 Å². The largest absolute Gasteiger partial charge is 0.459 e. The SMILES string of the molecule is O=C(CS(=O)(=O)c1nnc(-c2ccco2)o1)N1CCCCCC1. The van der Waals surface area contributed by atoms with E-state index >= 15 is 0 Å². The van der Waals surface area contributed by atoms with E-state index in [1.165, 1.54) is 6.26 Å². The number of carbonyl (C=O) groups is 1. The fraction of sp³-hybridized carbons (Fsp3) is 0.500. The first-order chi connectivity index (χ1) is 11.1. The van der Waals surface area contributed by atoms with Crippen LogP contribution in [0.4, 0.5) is 0 Å². The topological polar surface area (TPSA) is 107 Å². The van der Waals surface area contributed by atoms with Crippen LogP contribution in [0, 0.1) is 0 Å². The van der Waals surface area contributed by atoms with Crippen LogP contribution >= 0.6 is 0 Å².